The molecule has 0 N–H and O–H groups in total. The minimum Gasteiger partial charge on any atom is -0.422 e. The summed E-state index contributed by atoms with van der Waals surface area (Å²) in [4.78, 5) is 21.3. The average molecular weight is 487 g/mol. The molecule has 3 aromatic rings. The smallest absolute Gasteiger partial charge is 0.363 e. The normalized spacial score (nSPS) is 10.9. The van der Waals surface area contributed by atoms with Gasteiger partial charge in [0.15, 0.2) is 5.69 Å². The summed E-state index contributed by atoms with van der Waals surface area (Å²) in [5, 5.41) is 0. The standard InChI is InChI=1S/C32H42N2O2/c1-3-5-7-9-11-13-14-26-16-20-28(21-17-26)30-24-34-31(25-33-30)32(35)36-29-22-18-27(19-23-29)15-12-10-8-6-4-2/h16-25H,3-15H2,1-2H3. The first-order valence-corrected chi connectivity index (χ1v) is 13.9. The fourth-order valence-corrected chi connectivity index (χ4v) is 4.35. The van der Waals surface area contributed by atoms with Gasteiger partial charge in [0.1, 0.15) is 5.75 Å². The van der Waals surface area contributed by atoms with Gasteiger partial charge in [-0.25, -0.2) is 9.78 Å². The predicted octanol–water partition coefficient (Wildman–Crippen LogP) is 8.78. The number of hydrogen-bond donors (Lipinski definition) is 0. The Morgan fingerprint density at radius 3 is 1.69 bits per heavy atom. The molecule has 0 unspecified atom stereocenters. The minimum absolute atomic E-state index is 0.207. The van der Waals surface area contributed by atoms with Crippen LogP contribution in [0.2, 0.25) is 0 Å². The van der Waals surface area contributed by atoms with E-state index in [4.69, 9.17) is 4.74 Å². The van der Waals surface area contributed by atoms with Gasteiger partial charge in [0.05, 0.1) is 18.1 Å². The van der Waals surface area contributed by atoms with Crippen LogP contribution in [0.3, 0.4) is 0 Å². The highest BCUT2D eigenvalue weighted by atomic mass is 16.5. The van der Waals surface area contributed by atoms with Gasteiger partial charge in [-0.05, 0) is 48.9 Å². The Bertz CT molecular complexity index is 1010. The van der Waals surface area contributed by atoms with E-state index in [1.54, 1.807) is 6.20 Å². The van der Waals surface area contributed by atoms with Crippen LogP contribution in [0.25, 0.3) is 11.3 Å². The molecule has 0 spiro atoms. The zero-order chi connectivity index (χ0) is 25.4. The maximum Gasteiger partial charge on any atom is 0.363 e. The van der Waals surface area contributed by atoms with Crippen LogP contribution in [0.5, 0.6) is 5.75 Å². The van der Waals surface area contributed by atoms with Crippen molar-refractivity contribution in [2.24, 2.45) is 0 Å². The lowest BCUT2D eigenvalue weighted by Crippen LogP contribution is -2.11. The predicted molar refractivity (Wildman–Crippen MR) is 148 cm³/mol. The number of ether oxygens (including phenoxy) is 1. The first-order valence-electron chi connectivity index (χ1n) is 13.9. The number of aromatic nitrogens is 2. The van der Waals surface area contributed by atoms with Gasteiger partial charge in [0.25, 0.3) is 0 Å². The Labute approximate surface area is 217 Å². The summed E-state index contributed by atoms with van der Waals surface area (Å²) in [5.74, 6) is 0.0391. The highest BCUT2D eigenvalue weighted by Gasteiger charge is 2.12. The number of hydrogen-bond acceptors (Lipinski definition) is 4. The molecular weight excluding hydrogens is 444 g/mol. The molecule has 1 heterocycles. The molecule has 0 fully saturated rings. The summed E-state index contributed by atoms with van der Waals surface area (Å²) < 4.78 is 5.50. The molecule has 0 aliphatic heterocycles. The van der Waals surface area contributed by atoms with E-state index in [-0.39, 0.29) is 5.69 Å². The second-order valence-corrected chi connectivity index (χ2v) is 9.70. The van der Waals surface area contributed by atoms with Gasteiger partial charge in [-0.15, -0.1) is 0 Å². The first kappa shape index (κ1) is 27.6. The second kappa shape index (κ2) is 15.9. The maximum atomic E-state index is 12.5. The van der Waals surface area contributed by atoms with Crippen molar-refractivity contribution in [1.29, 1.82) is 0 Å². The van der Waals surface area contributed by atoms with Crippen molar-refractivity contribution in [3.05, 3.63) is 77.7 Å². The number of rotatable bonds is 16. The molecule has 0 bridgehead atoms. The van der Waals surface area contributed by atoms with Crippen LogP contribution in [0.1, 0.15) is 106 Å². The monoisotopic (exact) mass is 486 g/mol. The van der Waals surface area contributed by atoms with Gasteiger partial charge in [-0.1, -0.05) is 108 Å². The quantitative estimate of drug-likeness (QED) is 0.115. The number of unbranched alkanes of at least 4 members (excludes halogenated alkanes) is 9. The van der Waals surface area contributed by atoms with Crippen LogP contribution in [0.15, 0.2) is 60.9 Å². The fourth-order valence-electron chi connectivity index (χ4n) is 4.35. The summed E-state index contributed by atoms with van der Waals surface area (Å²) in [6.45, 7) is 4.48. The third-order valence-electron chi connectivity index (χ3n) is 6.63. The highest BCUT2D eigenvalue weighted by Crippen LogP contribution is 2.20. The Morgan fingerprint density at radius 1 is 0.639 bits per heavy atom. The van der Waals surface area contributed by atoms with E-state index in [9.17, 15) is 4.79 Å². The molecule has 0 saturated carbocycles. The topological polar surface area (TPSA) is 52.1 Å². The van der Waals surface area contributed by atoms with Crippen LogP contribution >= 0.6 is 0 Å². The Kier molecular flexibility index (Phi) is 12.2. The molecule has 0 radical (unpaired) electrons. The van der Waals surface area contributed by atoms with E-state index in [1.165, 1.54) is 88.0 Å². The van der Waals surface area contributed by atoms with Gasteiger partial charge in [-0.2, -0.15) is 0 Å². The zero-order valence-electron chi connectivity index (χ0n) is 22.2. The molecule has 4 heteroatoms. The van der Waals surface area contributed by atoms with E-state index in [1.807, 2.05) is 24.3 Å². The molecule has 1 aromatic heterocycles. The highest BCUT2D eigenvalue weighted by molar-refractivity contribution is 5.88. The molecule has 0 aliphatic carbocycles. The van der Waals surface area contributed by atoms with Crippen LogP contribution in [0.4, 0.5) is 0 Å². The van der Waals surface area contributed by atoms with Crippen molar-refractivity contribution in [3.8, 4) is 17.0 Å². The van der Waals surface area contributed by atoms with Crippen molar-refractivity contribution in [3.63, 3.8) is 0 Å². The lowest BCUT2D eigenvalue weighted by Gasteiger charge is -2.07. The third-order valence-corrected chi connectivity index (χ3v) is 6.63. The SMILES string of the molecule is CCCCCCCCc1ccc(-c2cnc(C(=O)Oc3ccc(CCCCCCC)cc3)cn2)cc1. The van der Waals surface area contributed by atoms with E-state index in [2.05, 4.69) is 48.1 Å². The molecule has 2 aromatic carbocycles. The summed E-state index contributed by atoms with van der Waals surface area (Å²) in [6.07, 6.45) is 19.5. The molecule has 4 nitrogen and oxygen atoms in total. The van der Waals surface area contributed by atoms with Gasteiger partial charge in [0, 0.05) is 5.56 Å². The van der Waals surface area contributed by atoms with Crippen molar-refractivity contribution in [2.75, 3.05) is 0 Å². The lowest BCUT2D eigenvalue weighted by atomic mass is 10.0. The van der Waals surface area contributed by atoms with Crippen molar-refractivity contribution < 1.29 is 9.53 Å². The summed E-state index contributed by atoms with van der Waals surface area (Å²) in [7, 11) is 0. The molecule has 192 valence electrons. The summed E-state index contributed by atoms with van der Waals surface area (Å²) >= 11 is 0. The second-order valence-electron chi connectivity index (χ2n) is 9.70. The third kappa shape index (κ3) is 9.56. The minimum atomic E-state index is -0.490. The fraction of sp³-hybridized carbons (Fsp3) is 0.469. The van der Waals surface area contributed by atoms with Gasteiger partial charge in [-0.3, -0.25) is 4.98 Å². The Morgan fingerprint density at radius 2 is 1.17 bits per heavy atom. The molecule has 0 atom stereocenters. The van der Waals surface area contributed by atoms with Crippen LogP contribution in [0, 0.1) is 0 Å². The number of aryl methyl sites for hydroxylation is 2. The lowest BCUT2D eigenvalue weighted by molar-refractivity contribution is 0.0728. The largest absolute Gasteiger partial charge is 0.422 e. The van der Waals surface area contributed by atoms with E-state index < -0.39 is 5.97 Å². The summed E-state index contributed by atoms with van der Waals surface area (Å²) in [6, 6.07) is 16.3. The van der Waals surface area contributed by atoms with Crippen molar-refractivity contribution >= 4 is 5.97 Å². The number of benzene rings is 2. The van der Waals surface area contributed by atoms with Crippen LogP contribution in [-0.4, -0.2) is 15.9 Å². The summed E-state index contributed by atoms with van der Waals surface area (Å²) in [5.41, 5.74) is 4.58. The van der Waals surface area contributed by atoms with Crippen molar-refractivity contribution in [2.45, 2.75) is 97.3 Å². The van der Waals surface area contributed by atoms with Gasteiger partial charge >= 0.3 is 5.97 Å². The molecule has 0 saturated heterocycles. The van der Waals surface area contributed by atoms with Crippen LogP contribution in [-0.2, 0) is 12.8 Å². The van der Waals surface area contributed by atoms with Crippen molar-refractivity contribution in [1.82, 2.24) is 9.97 Å². The number of carbonyl (C=O) groups excluding carboxylic acids is 1. The maximum absolute atomic E-state index is 12.5. The number of esters is 1. The molecule has 36 heavy (non-hydrogen) atoms. The Balaban J connectivity index is 1.45. The van der Waals surface area contributed by atoms with Gasteiger partial charge < -0.3 is 4.74 Å². The number of carbonyl (C=O) groups is 1. The Hall–Kier alpha value is -3.01. The average Bonchev–Trinajstić information content (AvgIpc) is 2.92. The van der Waals surface area contributed by atoms with Gasteiger partial charge in [0.2, 0.25) is 0 Å². The zero-order valence-corrected chi connectivity index (χ0v) is 22.2. The van der Waals surface area contributed by atoms with Crippen LogP contribution < -0.4 is 4.74 Å². The first-order chi connectivity index (χ1) is 17.7. The molecular formula is C32H42N2O2. The van der Waals surface area contributed by atoms with E-state index in [0.717, 1.165) is 24.1 Å². The number of nitrogens with zero attached hydrogens (tertiary/aromatic N) is 2. The molecule has 0 amide bonds. The molecule has 3 rings (SSSR count). The molecule has 0 aliphatic rings. The van der Waals surface area contributed by atoms with E-state index >= 15 is 0 Å². The van der Waals surface area contributed by atoms with E-state index in [0.29, 0.717) is 5.75 Å².